The van der Waals surface area contributed by atoms with E-state index in [9.17, 15) is 4.79 Å². The lowest BCUT2D eigenvalue weighted by atomic mass is 10.1. The van der Waals surface area contributed by atoms with E-state index in [0.717, 1.165) is 17.6 Å². The molecule has 0 aromatic carbocycles. The Hall–Kier alpha value is -3.23. The highest BCUT2D eigenvalue weighted by Crippen LogP contribution is 2.49. The van der Waals surface area contributed by atoms with Gasteiger partial charge in [-0.1, -0.05) is 0 Å². The topological polar surface area (TPSA) is 101 Å². The summed E-state index contributed by atoms with van der Waals surface area (Å²) in [5.74, 6) is 0.101. The summed E-state index contributed by atoms with van der Waals surface area (Å²) in [5, 5.41) is 4.58. The number of ether oxygens (including phenoxy) is 3. The van der Waals surface area contributed by atoms with Crippen LogP contribution in [0.3, 0.4) is 0 Å². The third-order valence-corrected chi connectivity index (χ3v) is 4.55. The maximum absolute atomic E-state index is 12.1. The van der Waals surface area contributed by atoms with Gasteiger partial charge in [-0.05, 0) is 19.4 Å². The Morgan fingerprint density at radius 2 is 2.15 bits per heavy atom. The lowest BCUT2D eigenvalue weighted by Crippen LogP contribution is -2.08. The molecule has 0 bridgehead atoms. The average molecular weight is 369 g/mol. The molecule has 3 aromatic rings. The quantitative estimate of drug-likeness (QED) is 0.607. The lowest BCUT2D eigenvalue weighted by Gasteiger charge is -2.10. The standard InChI is InChI=1S/C18H19N5O4/c1-4-27-17(24)12-7-10(12)11-8-14(22-23-6-5-19-15(11)23)13-9-20-18(26-3)21-16(13)25-2/h5-6,8-10,12H,4,7H2,1-3H3/t10-,12+/m1/s1. The SMILES string of the molecule is CCOC(=O)[C@H]1C[C@@H]1c1cc(-c2cnc(OC)nc2OC)nn2ccnc12. The summed E-state index contributed by atoms with van der Waals surface area (Å²) < 4.78 is 17.3. The number of nitrogens with zero attached hydrogens (tertiary/aromatic N) is 5. The van der Waals surface area contributed by atoms with Gasteiger partial charge in [0.05, 0.1) is 38.0 Å². The van der Waals surface area contributed by atoms with Gasteiger partial charge >= 0.3 is 12.0 Å². The van der Waals surface area contributed by atoms with Crippen molar-refractivity contribution in [2.75, 3.05) is 20.8 Å². The lowest BCUT2D eigenvalue weighted by molar-refractivity contribution is -0.144. The maximum atomic E-state index is 12.1. The van der Waals surface area contributed by atoms with Crippen LogP contribution in [-0.4, -0.2) is 51.4 Å². The third-order valence-electron chi connectivity index (χ3n) is 4.55. The van der Waals surface area contributed by atoms with Crippen molar-refractivity contribution in [2.24, 2.45) is 5.92 Å². The Kier molecular flexibility index (Phi) is 4.35. The molecular weight excluding hydrogens is 350 g/mol. The van der Waals surface area contributed by atoms with E-state index in [0.29, 0.717) is 23.7 Å². The van der Waals surface area contributed by atoms with Crippen LogP contribution in [0.4, 0.5) is 0 Å². The molecule has 0 N–H and O–H groups in total. The molecule has 3 heterocycles. The predicted molar refractivity (Wildman–Crippen MR) is 94.6 cm³/mol. The molecule has 4 rings (SSSR count). The summed E-state index contributed by atoms with van der Waals surface area (Å²) in [6.07, 6.45) is 5.79. The predicted octanol–water partition coefficient (Wildman–Crippen LogP) is 1.87. The Labute approximate surface area is 155 Å². The van der Waals surface area contributed by atoms with Crippen LogP contribution >= 0.6 is 0 Å². The number of imidazole rings is 1. The van der Waals surface area contributed by atoms with E-state index in [-0.39, 0.29) is 23.8 Å². The van der Waals surface area contributed by atoms with Crippen molar-refractivity contribution in [2.45, 2.75) is 19.3 Å². The first-order valence-corrected chi connectivity index (χ1v) is 8.62. The molecule has 140 valence electrons. The zero-order chi connectivity index (χ0) is 19.0. The minimum absolute atomic E-state index is 0.0564. The van der Waals surface area contributed by atoms with Crippen LogP contribution in [0, 0.1) is 5.92 Å². The van der Waals surface area contributed by atoms with Crippen molar-refractivity contribution >= 4 is 11.6 Å². The zero-order valence-corrected chi connectivity index (χ0v) is 15.2. The number of aromatic nitrogens is 5. The first-order valence-electron chi connectivity index (χ1n) is 8.62. The average Bonchev–Trinajstić information content (AvgIpc) is 3.35. The molecule has 27 heavy (non-hydrogen) atoms. The number of hydrogen-bond acceptors (Lipinski definition) is 8. The normalized spacial score (nSPS) is 18.3. The van der Waals surface area contributed by atoms with Crippen molar-refractivity contribution in [1.82, 2.24) is 24.6 Å². The first-order chi connectivity index (χ1) is 13.2. The summed E-state index contributed by atoms with van der Waals surface area (Å²) in [4.78, 5) is 24.8. The summed E-state index contributed by atoms with van der Waals surface area (Å²) in [6, 6.07) is 2.13. The monoisotopic (exact) mass is 369 g/mol. The van der Waals surface area contributed by atoms with Crippen LogP contribution in [0.1, 0.15) is 24.8 Å². The summed E-state index contributed by atoms with van der Waals surface area (Å²) in [7, 11) is 3.02. The fourth-order valence-electron chi connectivity index (χ4n) is 3.17. The molecule has 1 aliphatic carbocycles. The van der Waals surface area contributed by atoms with E-state index in [2.05, 4.69) is 20.1 Å². The van der Waals surface area contributed by atoms with E-state index >= 15 is 0 Å². The van der Waals surface area contributed by atoms with Gasteiger partial charge in [0, 0.05) is 30.1 Å². The highest BCUT2D eigenvalue weighted by Gasteiger charge is 2.46. The molecule has 1 aliphatic rings. The molecule has 0 saturated heterocycles. The maximum Gasteiger partial charge on any atom is 0.319 e. The van der Waals surface area contributed by atoms with E-state index in [1.54, 1.807) is 23.1 Å². The Balaban J connectivity index is 1.77. The number of hydrogen-bond donors (Lipinski definition) is 0. The first kappa shape index (κ1) is 17.2. The van der Waals surface area contributed by atoms with Crippen LogP contribution in [0.25, 0.3) is 16.9 Å². The van der Waals surface area contributed by atoms with Crippen LogP contribution < -0.4 is 9.47 Å². The molecule has 2 atom stereocenters. The number of esters is 1. The van der Waals surface area contributed by atoms with E-state index in [1.165, 1.54) is 14.2 Å². The third kappa shape index (κ3) is 3.05. The Morgan fingerprint density at radius 3 is 2.89 bits per heavy atom. The van der Waals surface area contributed by atoms with Gasteiger partial charge in [0.15, 0.2) is 5.65 Å². The van der Waals surface area contributed by atoms with Crippen LogP contribution in [0.2, 0.25) is 0 Å². The molecule has 0 amide bonds. The second-order valence-electron chi connectivity index (χ2n) is 6.16. The molecule has 0 radical (unpaired) electrons. The second kappa shape index (κ2) is 6.82. The number of methoxy groups -OCH3 is 2. The van der Waals surface area contributed by atoms with E-state index < -0.39 is 0 Å². The van der Waals surface area contributed by atoms with E-state index in [1.807, 2.05) is 13.0 Å². The number of carbonyl (C=O) groups is 1. The molecule has 0 aliphatic heterocycles. The number of rotatable bonds is 6. The minimum atomic E-state index is -0.170. The van der Waals surface area contributed by atoms with Gasteiger partial charge in [0.25, 0.3) is 0 Å². The summed E-state index contributed by atoms with van der Waals surface area (Å²) in [5.41, 5.74) is 2.93. The van der Waals surface area contributed by atoms with Crippen LogP contribution in [-0.2, 0) is 9.53 Å². The molecule has 3 aromatic heterocycles. The fourth-order valence-corrected chi connectivity index (χ4v) is 3.17. The molecule has 1 saturated carbocycles. The summed E-state index contributed by atoms with van der Waals surface area (Å²) >= 11 is 0. The molecular formula is C18H19N5O4. The number of fused-ring (bicyclic) bond motifs is 1. The second-order valence-corrected chi connectivity index (χ2v) is 6.16. The number of carbonyl (C=O) groups excluding carboxylic acids is 1. The van der Waals surface area contributed by atoms with Gasteiger partial charge < -0.3 is 14.2 Å². The van der Waals surface area contributed by atoms with Crippen LogP contribution in [0.15, 0.2) is 24.7 Å². The molecule has 9 nitrogen and oxygen atoms in total. The Morgan fingerprint density at radius 1 is 1.30 bits per heavy atom. The highest BCUT2D eigenvalue weighted by molar-refractivity contribution is 5.79. The van der Waals surface area contributed by atoms with Crippen molar-refractivity contribution in [1.29, 1.82) is 0 Å². The van der Waals surface area contributed by atoms with Gasteiger partial charge in [-0.25, -0.2) is 14.5 Å². The summed E-state index contributed by atoms with van der Waals surface area (Å²) in [6.45, 7) is 2.19. The van der Waals surface area contributed by atoms with Crippen molar-refractivity contribution in [3.63, 3.8) is 0 Å². The van der Waals surface area contributed by atoms with Gasteiger partial charge in [0.2, 0.25) is 5.88 Å². The smallest absolute Gasteiger partial charge is 0.319 e. The van der Waals surface area contributed by atoms with Gasteiger partial charge in [-0.2, -0.15) is 10.1 Å². The largest absolute Gasteiger partial charge is 0.480 e. The van der Waals surface area contributed by atoms with Crippen molar-refractivity contribution < 1.29 is 19.0 Å². The van der Waals surface area contributed by atoms with Gasteiger partial charge in [-0.3, -0.25) is 4.79 Å². The highest BCUT2D eigenvalue weighted by atomic mass is 16.5. The molecule has 1 fully saturated rings. The molecule has 0 unspecified atom stereocenters. The minimum Gasteiger partial charge on any atom is -0.480 e. The Bertz CT molecular complexity index is 1000. The van der Waals surface area contributed by atoms with Crippen molar-refractivity contribution in [3.05, 3.63) is 30.2 Å². The van der Waals surface area contributed by atoms with Crippen molar-refractivity contribution in [3.8, 4) is 23.1 Å². The van der Waals surface area contributed by atoms with Gasteiger partial charge in [0.1, 0.15) is 0 Å². The molecule has 0 spiro atoms. The zero-order valence-electron chi connectivity index (χ0n) is 15.2. The fraction of sp³-hybridized carbons (Fsp3) is 0.389. The molecule has 9 heteroatoms. The van der Waals surface area contributed by atoms with Crippen LogP contribution in [0.5, 0.6) is 11.9 Å². The van der Waals surface area contributed by atoms with Gasteiger partial charge in [-0.15, -0.1) is 0 Å². The van der Waals surface area contributed by atoms with E-state index in [4.69, 9.17) is 14.2 Å².